The number of morpholine rings is 1. The van der Waals surface area contributed by atoms with E-state index in [0.29, 0.717) is 5.95 Å². The zero-order chi connectivity index (χ0) is 19.8. The van der Waals surface area contributed by atoms with E-state index >= 15 is 0 Å². The van der Waals surface area contributed by atoms with E-state index in [1.165, 1.54) is 32.3 Å². The SMILES string of the molecule is Cc1cc(C)cc(Nc2ncc3c(n2)-c2sc(CN4CCOCC4)nc2CC3)c1. The molecule has 3 heterocycles. The van der Waals surface area contributed by atoms with E-state index in [0.717, 1.165) is 57.1 Å². The molecule has 1 N–H and O–H groups in total. The van der Waals surface area contributed by atoms with Gasteiger partial charge >= 0.3 is 0 Å². The number of thiazole rings is 1. The highest BCUT2D eigenvalue weighted by Gasteiger charge is 2.24. The smallest absolute Gasteiger partial charge is 0.227 e. The zero-order valence-corrected chi connectivity index (χ0v) is 17.7. The molecule has 0 bridgehead atoms. The number of benzene rings is 1. The van der Waals surface area contributed by atoms with Crippen molar-refractivity contribution < 1.29 is 4.74 Å². The van der Waals surface area contributed by atoms with Crippen molar-refractivity contribution in [3.05, 3.63) is 51.8 Å². The van der Waals surface area contributed by atoms with Crippen LogP contribution in [0.3, 0.4) is 0 Å². The summed E-state index contributed by atoms with van der Waals surface area (Å²) in [5, 5.41) is 4.55. The first-order valence-corrected chi connectivity index (χ1v) is 11.0. The summed E-state index contributed by atoms with van der Waals surface area (Å²) in [7, 11) is 0. The highest BCUT2D eigenvalue weighted by Crippen LogP contribution is 2.37. The number of hydrogen-bond acceptors (Lipinski definition) is 7. The Hall–Kier alpha value is -2.35. The van der Waals surface area contributed by atoms with E-state index in [2.05, 4.69) is 47.2 Å². The van der Waals surface area contributed by atoms with Gasteiger partial charge in [0.25, 0.3) is 0 Å². The van der Waals surface area contributed by atoms with Gasteiger partial charge in [-0.05, 0) is 55.5 Å². The quantitative estimate of drug-likeness (QED) is 0.708. The maximum absolute atomic E-state index is 5.46. The van der Waals surface area contributed by atoms with Gasteiger partial charge in [-0.25, -0.2) is 15.0 Å². The zero-order valence-electron chi connectivity index (χ0n) is 16.9. The number of nitrogens with zero attached hydrogens (tertiary/aromatic N) is 4. The van der Waals surface area contributed by atoms with Crippen molar-refractivity contribution in [2.75, 3.05) is 31.6 Å². The van der Waals surface area contributed by atoms with Gasteiger partial charge in [0.2, 0.25) is 5.95 Å². The molecule has 0 radical (unpaired) electrons. The lowest BCUT2D eigenvalue weighted by Gasteiger charge is -2.25. The van der Waals surface area contributed by atoms with E-state index < -0.39 is 0 Å². The Morgan fingerprint density at radius 2 is 1.86 bits per heavy atom. The monoisotopic (exact) mass is 407 g/mol. The molecule has 6 nitrogen and oxygen atoms in total. The van der Waals surface area contributed by atoms with Gasteiger partial charge in [0, 0.05) is 25.0 Å². The molecule has 0 atom stereocenters. The summed E-state index contributed by atoms with van der Waals surface area (Å²) in [6, 6.07) is 6.40. The van der Waals surface area contributed by atoms with Gasteiger partial charge in [-0.15, -0.1) is 11.3 Å². The van der Waals surface area contributed by atoms with Crippen LogP contribution in [0.5, 0.6) is 0 Å². The van der Waals surface area contributed by atoms with Crippen LogP contribution in [0.4, 0.5) is 11.6 Å². The fourth-order valence-corrected chi connectivity index (χ4v) is 5.23. The van der Waals surface area contributed by atoms with E-state index in [9.17, 15) is 0 Å². The van der Waals surface area contributed by atoms with Gasteiger partial charge in [0.1, 0.15) is 5.01 Å². The molecule has 0 spiro atoms. The summed E-state index contributed by atoms with van der Waals surface area (Å²) in [5.41, 5.74) is 6.91. The molecule has 7 heteroatoms. The van der Waals surface area contributed by atoms with Crippen LogP contribution in [0.15, 0.2) is 24.4 Å². The molecule has 1 saturated heterocycles. The number of nitrogens with one attached hydrogen (secondary N) is 1. The predicted molar refractivity (Wildman–Crippen MR) is 116 cm³/mol. The van der Waals surface area contributed by atoms with Crippen LogP contribution in [-0.2, 0) is 24.1 Å². The van der Waals surface area contributed by atoms with Crippen LogP contribution in [-0.4, -0.2) is 46.2 Å². The molecule has 3 aromatic rings. The summed E-state index contributed by atoms with van der Waals surface area (Å²) < 4.78 is 5.46. The fraction of sp³-hybridized carbons (Fsp3) is 0.409. The lowest BCUT2D eigenvalue weighted by Crippen LogP contribution is -2.35. The molecular weight excluding hydrogens is 382 g/mol. The van der Waals surface area contributed by atoms with Crippen molar-refractivity contribution >= 4 is 23.0 Å². The topological polar surface area (TPSA) is 63.2 Å². The highest BCUT2D eigenvalue weighted by atomic mass is 32.1. The van der Waals surface area contributed by atoms with Crippen molar-refractivity contribution in [2.24, 2.45) is 0 Å². The molecule has 0 amide bonds. The largest absolute Gasteiger partial charge is 0.379 e. The lowest BCUT2D eigenvalue weighted by molar-refractivity contribution is 0.0341. The molecule has 1 aliphatic heterocycles. The molecule has 1 fully saturated rings. The van der Waals surface area contributed by atoms with E-state index in [-0.39, 0.29) is 0 Å². The number of aryl methyl sites for hydroxylation is 4. The molecule has 2 aromatic heterocycles. The third-order valence-corrected chi connectivity index (χ3v) is 6.48. The van der Waals surface area contributed by atoms with E-state index in [1.807, 2.05) is 6.20 Å². The fourth-order valence-electron chi connectivity index (χ4n) is 4.05. The van der Waals surface area contributed by atoms with Crippen molar-refractivity contribution in [1.82, 2.24) is 19.9 Å². The van der Waals surface area contributed by atoms with Crippen molar-refractivity contribution in [2.45, 2.75) is 33.2 Å². The van der Waals surface area contributed by atoms with Crippen molar-refractivity contribution in [3.63, 3.8) is 0 Å². The Morgan fingerprint density at radius 1 is 1.07 bits per heavy atom. The number of hydrogen-bond donors (Lipinski definition) is 1. The van der Waals surface area contributed by atoms with Crippen LogP contribution in [0.2, 0.25) is 0 Å². The van der Waals surface area contributed by atoms with Crippen LogP contribution in [0, 0.1) is 13.8 Å². The number of ether oxygens (including phenoxy) is 1. The molecule has 1 aliphatic carbocycles. The van der Waals surface area contributed by atoms with Gasteiger partial charge in [-0.2, -0.15) is 0 Å². The molecule has 2 aliphatic rings. The predicted octanol–water partition coefficient (Wildman–Crippen LogP) is 3.89. The van der Waals surface area contributed by atoms with Crippen LogP contribution >= 0.6 is 11.3 Å². The average Bonchev–Trinajstić information content (AvgIpc) is 3.11. The summed E-state index contributed by atoms with van der Waals surface area (Å²) in [6.45, 7) is 8.69. The molecule has 29 heavy (non-hydrogen) atoms. The second-order valence-electron chi connectivity index (χ2n) is 7.84. The normalized spacial score (nSPS) is 16.3. The minimum absolute atomic E-state index is 0.643. The molecular formula is C22H25N5OS. The van der Waals surface area contributed by atoms with Gasteiger partial charge in [-0.3, -0.25) is 4.90 Å². The van der Waals surface area contributed by atoms with E-state index in [1.54, 1.807) is 11.3 Å². The number of fused-ring (bicyclic) bond motifs is 3. The van der Waals surface area contributed by atoms with Crippen LogP contribution < -0.4 is 5.32 Å². The average molecular weight is 408 g/mol. The van der Waals surface area contributed by atoms with Crippen molar-refractivity contribution in [1.29, 1.82) is 0 Å². The lowest BCUT2D eigenvalue weighted by atomic mass is 10.00. The van der Waals surface area contributed by atoms with Gasteiger partial charge in [0.15, 0.2) is 0 Å². The molecule has 0 unspecified atom stereocenters. The first kappa shape index (κ1) is 18.7. The van der Waals surface area contributed by atoms with Gasteiger partial charge in [-0.1, -0.05) is 6.07 Å². The second kappa shape index (κ2) is 7.82. The highest BCUT2D eigenvalue weighted by molar-refractivity contribution is 7.15. The third kappa shape index (κ3) is 4.03. The number of aromatic nitrogens is 3. The van der Waals surface area contributed by atoms with Crippen LogP contribution in [0.1, 0.15) is 27.4 Å². The Morgan fingerprint density at radius 3 is 2.66 bits per heavy atom. The summed E-state index contributed by atoms with van der Waals surface area (Å²) in [5.74, 6) is 0.643. The second-order valence-corrected chi connectivity index (χ2v) is 8.92. The number of rotatable bonds is 4. The molecule has 5 rings (SSSR count). The van der Waals surface area contributed by atoms with Gasteiger partial charge < -0.3 is 10.1 Å². The van der Waals surface area contributed by atoms with Crippen molar-refractivity contribution in [3.8, 4) is 10.6 Å². The summed E-state index contributed by atoms with van der Waals surface area (Å²) >= 11 is 1.78. The van der Waals surface area contributed by atoms with Gasteiger partial charge in [0.05, 0.1) is 36.0 Å². The minimum Gasteiger partial charge on any atom is -0.379 e. The molecule has 0 saturated carbocycles. The first-order valence-electron chi connectivity index (χ1n) is 10.1. The Labute approximate surface area is 175 Å². The Balaban J connectivity index is 1.41. The Kier molecular flexibility index (Phi) is 5.03. The maximum atomic E-state index is 5.46. The third-order valence-electron chi connectivity index (χ3n) is 5.39. The van der Waals surface area contributed by atoms with E-state index in [4.69, 9.17) is 14.7 Å². The standard InChI is InChI=1S/C22H25N5OS/c1-14-9-15(2)11-17(10-14)24-22-23-12-16-3-4-18-21(20(16)26-22)29-19(25-18)13-27-5-7-28-8-6-27/h9-12H,3-8,13H2,1-2H3,(H,23,24,26). The Bertz CT molecular complexity index is 1020. The van der Waals surface area contributed by atoms with Crippen LogP contribution in [0.25, 0.3) is 10.6 Å². The first-order chi connectivity index (χ1) is 14.1. The summed E-state index contributed by atoms with van der Waals surface area (Å²) in [6.07, 6.45) is 3.89. The maximum Gasteiger partial charge on any atom is 0.227 e. The summed E-state index contributed by atoms with van der Waals surface area (Å²) in [4.78, 5) is 18.0. The molecule has 1 aromatic carbocycles. The number of anilines is 2. The minimum atomic E-state index is 0.643. The molecule has 150 valence electrons.